The monoisotopic (exact) mass is 277 g/mol. The van der Waals surface area contributed by atoms with Crippen LogP contribution < -0.4 is 0 Å². The van der Waals surface area contributed by atoms with E-state index < -0.39 is 0 Å². The Morgan fingerprint density at radius 1 is 1.40 bits per heavy atom. The van der Waals surface area contributed by atoms with E-state index in [1.165, 1.54) is 32.8 Å². The number of rotatable bonds is 6. The lowest BCUT2D eigenvalue weighted by atomic mass is 10.1. The van der Waals surface area contributed by atoms with Crippen LogP contribution in [0.1, 0.15) is 41.6 Å². The molecule has 1 fully saturated rings. The van der Waals surface area contributed by atoms with Gasteiger partial charge in [-0.15, -0.1) is 0 Å². The smallest absolute Gasteiger partial charge is 0.337 e. The van der Waals surface area contributed by atoms with Crippen LogP contribution in [0.4, 0.5) is 0 Å². The zero-order chi connectivity index (χ0) is 14.4. The van der Waals surface area contributed by atoms with Gasteiger partial charge in [-0.1, -0.05) is 25.0 Å². The Kier molecular flexibility index (Phi) is 5.56. The standard InChI is InChI=1S/C16H23NO3/c1-20-16(19)14-6-4-5-13(11-14)12-17(9-10-18)15-7-2-3-8-15/h4-6,11,15,18H,2-3,7-10,12H2,1H3. The minimum atomic E-state index is -0.304. The third kappa shape index (κ3) is 3.81. The van der Waals surface area contributed by atoms with Crippen LogP contribution in [0.15, 0.2) is 24.3 Å². The summed E-state index contributed by atoms with van der Waals surface area (Å²) < 4.78 is 4.75. The lowest BCUT2D eigenvalue weighted by Crippen LogP contribution is -2.35. The zero-order valence-corrected chi connectivity index (χ0v) is 12.0. The first-order valence-corrected chi connectivity index (χ1v) is 7.26. The molecule has 0 spiro atoms. The highest BCUT2D eigenvalue weighted by molar-refractivity contribution is 5.89. The Balaban J connectivity index is 2.07. The molecular weight excluding hydrogens is 254 g/mol. The van der Waals surface area contributed by atoms with Crippen molar-refractivity contribution in [1.82, 2.24) is 4.90 Å². The summed E-state index contributed by atoms with van der Waals surface area (Å²) in [6.45, 7) is 1.64. The number of carbonyl (C=O) groups excluding carboxylic acids is 1. The molecule has 1 N–H and O–H groups in total. The van der Waals surface area contributed by atoms with Crippen LogP contribution in [0.2, 0.25) is 0 Å². The number of carbonyl (C=O) groups is 1. The van der Waals surface area contributed by atoms with E-state index in [4.69, 9.17) is 4.74 Å². The van der Waals surface area contributed by atoms with Crippen LogP contribution in [-0.4, -0.2) is 42.3 Å². The van der Waals surface area contributed by atoms with Crippen LogP contribution in [0.5, 0.6) is 0 Å². The normalized spacial score (nSPS) is 15.8. The summed E-state index contributed by atoms with van der Waals surface area (Å²) in [7, 11) is 1.39. The molecule has 0 heterocycles. The highest BCUT2D eigenvalue weighted by atomic mass is 16.5. The van der Waals surface area contributed by atoms with Gasteiger partial charge in [-0.05, 0) is 30.5 Å². The number of esters is 1. The van der Waals surface area contributed by atoms with E-state index in [1.807, 2.05) is 18.2 Å². The predicted octanol–water partition coefficient (Wildman–Crippen LogP) is 2.21. The van der Waals surface area contributed by atoms with Crippen molar-refractivity contribution in [2.24, 2.45) is 0 Å². The minimum Gasteiger partial charge on any atom is -0.465 e. The van der Waals surface area contributed by atoms with Crippen molar-refractivity contribution < 1.29 is 14.6 Å². The van der Waals surface area contributed by atoms with Gasteiger partial charge >= 0.3 is 5.97 Å². The van der Waals surface area contributed by atoms with E-state index in [9.17, 15) is 9.90 Å². The maximum absolute atomic E-state index is 11.6. The maximum Gasteiger partial charge on any atom is 0.337 e. The molecule has 1 aliphatic carbocycles. The first-order valence-electron chi connectivity index (χ1n) is 7.26. The summed E-state index contributed by atoms with van der Waals surface area (Å²) in [6, 6.07) is 8.11. The Morgan fingerprint density at radius 2 is 2.15 bits per heavy atom. The molecule has 0 unspecified atom stereocenters. The van der Waals surface area contributed by atoms with Gasteiger partial charge < -0.3 is 9.84 Å². The molecule has 4 nitrogen and oxygen atoms in total. The molecule has 2 rings (SSSR count). The van der Waals surface area contributed by atoms with Crippen LogP contribution in [0.25, 0.3) is 0 Å². The molecular formula is C16H23NO3. The molecule has 0 bridgehead atoms. The number of benzene rings is 1. The average molecular weight is 277 g/mol. The SMILES string of the molecule is COC(=O)c1cccc(CN(CCO)C2CCCC2)c1. The van der Waals surface area contributed by atoms with E-state index in [-0.39, 0.29) is 12.6 Å². The first-order chi connectivity index (χ1) is 9.74. The molecule has 1 aromatic carbocycles. The third-order valence-electron chi connectivity index (χ3n) is 3.96. The number of aliphatic hydroxyl groups excluding tert-OH is 1. The molecule has 0 saturated heterocycles. The topological polar surface area (TPSA) is 49.8 Å². The van der Waals surface area contributed by atoms with Crippen molar-refractivity contribution in [3.05, 3.63) is 35.4 Å². The van der Waals surface area contributed by atoms with Gasteiger partial charge in [0.25, 0.3) is 0 Å². The number of nitrogens with zero attached hydrogens (tertiary/aromatic N) is 1. The fraction of sp³-hybridized carbons (Fsp3) is 0.562. The Hall–Kier alpha value is -1.39. The second-order valence-corrected chi connectivity index (χ2v) is 5.32. The largest absolute Gasteiger partial charge is 0.465 e. The molecule has 0 atom stereocenters. The van der Waals surface area contributed by atoms with Crippen LogP contribution in [-0.2, 0) is 11.3 Å². The van der Waals surface area contributed by atoms with Crippen molar-refractivity contribution >= 4 is 5.97 Å². The predicted molar refractivity (Wildman–Crippen MR) is 77.5 cm³/mol. The Morgan fingerprint density at radius 3 is 2.80 bits per heavy atom. The average Bonchev–Trinajstić information content (AvgIpc) is 3.00. The van der Waals surface area contributed by atoms with Gasteiger partial charge in [0, 0.05) is 19.1 Å². The second-order valence-electron chi connectivity index (χ2n) is 5.32. The van der Waals surface area contributed by atoms with Crippen molar-refractivity contribution in [3.8, 4) is 0 Å². The zero-order valence-electron chi connectivity index (χ0n) is 12.0. The number of methoxy groups -OCH3 is 1. The first kappa shape index (κ1) is 15.0. The molecule has 1 aliphatic rings. The molecule has 0 aromatic heterocycles. The molecule has 0 amide bonds. The second kappa shape index (κ2) is 7.41. The van der Waals surface area contributed by atoms with Crippen molar-refractivity contribution in [3.63, 3.8) is 0 Å². The fourth-order valence-corrected chi connectivity index (χ4v) is 2.94. The number of hydrogen-bond donors (Lipinski definition) is 1. The molecule has 20 heavy (non-hydrogen) atoms. The molecule has 0 aliphatic heterocycles. The summed E-state index contributed by atoms with van der Waals surface area (Å²) in [5, 5.41) is 9.24. The van der Waals surface area contributed by atoms with Gasteiger partial charge in [0.2, 0.25) is 0 Å². The van der Waals surface area contributed by atoms with Crippen molar-refractivity contribution in [1.29, 1.82) is 0 Å². The van der Waals surface area contributed by atoms with Crippen LogP contribution in [0.3, 0.4) is 0 Å². The summed E-state index contributed by atoms with van der Waals surface area (Å²) in [5.74, 6) is -0.304. The summed E-state index contributed by atoms with van der Waals surface area (Å²) in [6.07, 6.45) is 4.96. The fourth-order valence-electron chi connectivity index (χ4n) is 2.94. The van der Waals surface area contributed by atoms with E-state index in [0.29, 0.717) is 18.2 Å². The highest BCUT2D eigenvalue weighted by Crippen LogP contribution is 2.24. The summed E-state index contributed by atoms with van der Waals surface area (Å²) in [5.41, 5.74) is 1.67. The van der Waals surface area contributed by atoms with E-state index in [1.54, 1.807) is 6.07 Å². The maximum atomic E-state index is 11.6. The quantitative estimate of drug-likeness (QED) is 0.810. The van der Waals surface area contributed by atoms with Crippen molar-refractivity contribution in [2.75, 3.05) is 20.3 Å². The van der Waals surface area contributed by atoms with Gasteiger partial charge in [-0.3, -0.25) is 4.90 Å². The van der Waals surface area contributed by atoms with Crippen LogP contribution in [0, 0.1) is 0 Å². The van der Waals surface area contributed by atoms with E-state index in [0.717, 1.165) is 12.1 Å². The third-order valence-corrected chi connectivity index (χ3v) is 3.96. The molecule has 1 aromatic rings. The number of aliphatic hydroxyl groups is 1. The van der Waals surface area contributed by atoms with Gasteiger partial charge in [-0.2, -0.15) is 0 Å². The summed E-state index contributed by atoms with van der Waals surface area (Å²) >= 11 is 0. The Bertz CT molecular complexity index is 441. The lowest BCUT2D eigenvalue weighted by Gasteiger charge is -2.28. The molecule has 1 saturated carbocycles. The van der Waals surface area contributed by atoms with Gasteiger partial charge in [0.05, 0.1) is 19.3 Å². The highest BCUT2D eigenvalue weighted by Gasteiger charge is 2.22. The van der Waals surface area contributed by atoms with Gasteiger partial charge in [0.1, 0.15) is 0 Å². The Labute approximate surface area is 120 Å². The van der Waals surface area contributed by atoms with E-state index in [2.05, 4.69) is 4.90 Å². The molecule has 0 radical (unpaired) electrons. The van der Waals surface area contributed by atoms with E-state index >= 15 is 0 Å². The van der Waals surface area contributed by atoms with Crippen molar-refractivity contribution in [2.45, 2.75) is 38.3 Å². The van der Waals surface area contributed by atoms with Crippen LogP contribution >= 0.6 is 0 Å². The molecule has 110 valence electrons. The minimum absolute atomic E-state index is 0.174. The number of hydrogen-bond acceptors (Lipinski definition) is 4. The lowest BCUT2D eigenvalue weighted by molar-refractivity contribution is 0.0600. The molecule has 4 heteroatoms. The summed E-state index contributed by atoms with van der Waals surface area (Å²) in [4.78, 5) is 13.9. The van der Waals surface area contributed by atoms with Gasteiger partial charge in [-0.25, -0.2) is 4.79 Å². The van der Waals surface area contributed by atoms with Gasteiger partial charge in [0.15, 0.2) is 0 Å². The number of ether oxygens (including phenoxy) is 1.